The zero-order chi connectivity index (χ0) is 25.8. The highest BCUT2D eigenvalue weighted by molar-refractivity contribution is 6.07. The van der Waals surface area contributed by atoms with Gasteiger partial charge in [0, 0.05) is 17.5 Å². The van der Waals surface area contributed by atoms with Gasteiger partial charge in [0.1, 0.15) is 11.5 Å². The van der Waals surface area contributed by atoms with Crippen LogP contribution >= 0.6 is 0 Å². The van der Waals surface area contributed by atoms with Crippen molar-refractivity contribution in [3.63, 3.8) is 0 Å². The lowest BCUT2D eigenvalue weighted by Crippen LogP contribution is -2.28. The summed E-state index contributed by atoms with van der Waals surface area (Å²) in [6, 6.07) is 21.8. The van der Waals surface area contributed by atoms with Crippen LogP contribution in [-0.2, 0) is 22.5 Å². The smallest absolute Gasteiger partial charge is 0.339 e. The summed E-state index contributed by atoms with van der Waals surface area (Å²) in [4.78, 5) is 30.6. The largest absolute Gasteiger partial charge is 0.508 e. The molecule has 7 heteroatoms. The summed E-state index contributed by atoms with van der Waals surface area (Å²) < 4.78 is 10.8. The van der Waals surface area contributed by atoms with Crippen LogP contribution in [-0.4, -0.2) is 35.7 Å². The van der Waals surface area contributed by atoms with Crippen LogP contribution in [0, 0.1) is 0 Å². The number of amides is 1. The van der Waals surface area contributed by atoms with E-state index in [1.54, 1.807) is 19.2 Å². The number of fused-ring (bicyclic) bond motifs is 2. The van der Waals surface area contributed by atoms with Crippen molar-refractivity contribution in [2.45, 2.75) is 19.4 Å². The summed E-state index contributed by atoms with van der Waals surface area (Å²) in [6.07, 6.45) is 3.38. The van der Waals surface area contributed by atoms with Crippen molar-refractivity contribution < 1.29 is 24.2 Å². The topological polar surface area (TPSA) is 97.8 Å². The van der Waals surface area contributed by atoms with E-state index in [1.807, 2.05) is 66.7 Å². The molecule has 0 unspecified atom stereocenters. The number of nitrogens with one attached hydrogen (secondary N) is 1. The number of methoxy groups -OCH3 is 1. The number of carbonyl (C=O) groups excluding carboxylic acids is 2. The van der Waals surface area contributed by atoms with Gasteiger partial charge in [0.05, 0.1) is 23.9 Å². The predicted octanol–water partition coefficient (Wildman–Crippen LogP) is 4.91. The van der Waals surface area contributed by atoms with Crippen LogP contribution in [0.1, 0.15) is 39.2 Å². The van der Waals surface area contributed by atoms with E-state index in [0.717, 1.165) is 34.4 Å². The maximum Gasteiger partial charge on any atom is 0.339 e. The first-order valence-corrected chi connectivity index (χ1v) is 12.0. The average Bonchev–Trinajstić information content (AvgIpc) is 3.32. The summed E-state index contributed by atoms with van der Waals surface area (Å²) in [7, 11) is 1.57. The fourth-order valence-electron chi connectivity index (χ4n) is 4.58. The first-order valence-electron chi connectivity index (χ1n) is 12.0. The maximum atomic E-state index is 13.3. The first kappa shape index (κ1) is 24.1. The van der Waals surface area contributed by atoms with Gasteiger partial charge >= 0.3 is 5.97 Å². The second kappa shape index (κ2) is 10.5. The Bertz CT molecular complexity index is 1510. The highest BCUT2D eigenvalue weighted by atomic mass is 16.5. The molecule has 0 fully saturated rings. The molecule has 37 heavy (non-hydrogen) atoms. The third-order valence-corrected chi connectivity index (χ3v) is 6.38. The Morgan fingerprint density at radius 3 is 2.57 bits per heavy atom. The second-order valence-electron chi connectivity index (χ2n) is 8.76. The quantitative estimate of drug-likeness (QED) is 0.355. The number of carbonyl (C=O) groups is 2. The summed E-state index contributed by atoms with van der Waals surface area (Å²) in [6.45, 7) is -0.130. The van der Waals surface area contributed by atoms with E-state index < -0.39 is 18.5 Å². The molecular formula is C30H26N2O5. The Hall–Kier alpha value is -4.65. The van der Waals surface area contributed by atoms with Gasteiger partial charge in [0.25, 0.3) is 5.91 Å². The molecule has 0 bridgehead atoms. The molecule has 1 heterocycles. The maximum absolute atomic E-state index is 13.3. The number of allylic oxidation sites excluding steroid dienone is 1. The summed E-state index contributed by atoms with van der Waals surface area (Å²) in [5, 5.41) is 13.1. The van der Waals surface area contributed by atoms with E-state index in [-0.39, 0.29) is 12.3 Å². The van der Waals surface area contributed by atoms with Crippen molar-refractivity contribution in [2.24, 2.45) is 0 Å². The van der Waals surface area contributed by atoms with E-state index in [2.05, 4.69) is 5.32 Å². The van der Waals surface area contributed by atoms with Gasteiger partial charge in [-0.3, -0.25) is 4.79 Å². The number of esters is 1. The van der Waals surface area contributed by atoms with Crippen molar-refractivity contribution >= 4 is 34.4 Å². The molecule has 1 aliphatic carbocycles. The fraction of sp³-hybridized carbons (Fsp3) is 0.167. The summed E-state index contributed by atoms with van der Waals surface area (Å²) >= 11 is 0. The molecule has 0 saturated carbocycles. The monoisotopic (exact) mass is 494 g/mol. The molecule has 0 saturated heterocycles. The molecule has 4 aromatic rings. The molecule has 186 valence electrons. The minimum atomic E-state index is -0.548. The third kappa shape index (κ3) is 5.16. The van der Waals surface area contributed by atoms with Gasteiger partial charge in [0.15, 0.2) is 6.61 Å². The number of pyridine rings is 1. The standard InChI is InChI=1S/C30H26N2O5/c1-36-26-9-5-2-6-21(26)17-31-27(34)18-37-30(35)28-23-7-3-4-8-25(23)32-29-20(12-15-24(28)29)16-19-10-13-22(33)14-11-19/h2-11,13-14,16,33H,12,15,17-18H2,1H3,(H,31,34)/b20-16+. The zero-order valence-corrected chi connectivity index (χ0v) is 20.4. The highest BCUT2D eigenvalue weighted by Crippen LogP contribution is 2.38. The number of ether oxygens (including phenoxy) is 2. The molecule has 1 aliphatic rings. The van der Waals surface area contributed by atoms with E-state index in [1.165, 1.54) is 0 Å². The molecule has 1 amide bonds. The molecule has 0 atom stereocenters. The Kier molecular flexibility index (Phi) is 6.85. The van der Waals surface area contributed by atoms with E-state index in [4.69, 9.17) is 14.5 Å². The Morgan fingerprint density at radius 2 is 1.76 bits per heavy atom. The predicted molar refractivity (Wildman–Crippen MR) is 141 cm³/mol. The molecule has 1 aromatic heterocycles. The second-order valence-corrected chi connectivity index (χ2v) is 8.76. The van der Waals surface area contributed by atoms with Gasteiger partial charge in [-0.2, -0.15) is 0 Å². The number of hydrogen-bond acceptors (Lipinski definition) is 6. The number of para-hydroxylation sites is 2. The lowest BCUT2D eigenvalue weighted by Gasteiger charge is -2.13. The Labute approximate surface area is 214 Å². The van der Waals surface area contributed by atoms with Crippen LogP contribution in [0.5, 0.6) is 11.5 Å². The van der Waals surface area contributed by atoms with Crippen LogP contribution in [0.3, 0.4) is 0 Å². The summed E-state index contributed by atoms with van der Waals surface area (Å²) in [5.41, 5.74) is 5.50. The zero-order valence-electron chi connectivity index (χ0n) is 20.4. The van der Waals surface area contributed by atoms with Gasteiger partial charge in [-0.15, -0.1) is 0 Å². The molecule has 7 nitrogen and oxygen atoms in total. The number of aromatic nitrogens is 1. The number of phenols is 1. The van der Waals surface area contributed by atoms with Crippen molar-refractivity contribution in [3.05, 3.63) is 101 Å². The van der Waals surface area contributed by atoms with Crippen LogP contribution in [0.2, 0.25) is 0 Å². The fourth-order valence-corrected chi connectivity index (χ4v) is 4.58. The lowest BCUT2D eigenvalue weighted by atomic mass is 10.0. The molecule has 5 rings (SSSR count). The Morgan fingerprint density at radius 1 is 1.00 bits per heavy atom. The number of aromatic hydroxyl groups is 1. The molecule has 3 aromatic carbocycles. The molecule has 0 aliphatic heterocycles. The van der Waals surface area contributed by atoms with E-state index in [0.29, 0.717) is 28.6 Å². The molecule has 0 spiro atoms. The minimum Gasteiger partial charge on any atom is -0.508 e. The van der Waals surface area contributed by atoms with Gasteiger partial charge < -0.3 is 19.9 Å². The number of rotatable bonds is 7. The molecular weight excluding hydrogens is 468 g/mol. The minimum absolute atomic E-state index is 0.204. The van der Waals surface area contributed by atoms with Crippen molar-refractivity contribution in [2.75, 3.05) is 13.7 Å². The van der Waals surface area contributed by atoms with Crippen LogP contribution in [0.25, 0.3) is 22.6 Å². The van der Waals surface area contributed by atoms with Gasteiger partial charge in [0.2, 0.25) is 0 Å². The lowest BCUT2D eigenvalue weighted by molar-refractivity contribution is -0.124. The van der Waals surface area contributed by atoms with Gasteiger partial charge in [-0.05, 0) is 59.9 Å². The van der Waals surface area contributed by atoms with Gasteiger partial charge in [-0.1, -0.05) is 48.5 Å². The summed E-state index contributed by atoms with van der Waals surface area (Å²) in [5.74, 6) is -0.0693. The number of benzene rings is 3. The molecule has 2 N–H and O–H groups in total. The third-order valence-electron chi connectivity index (χ3n) is 6.38. The van der Waals surface area contributed by atoms with Crippen LogP contribution in [0.15, 0.2) is 72.8 Å². The number of nitrogens with zero attached hydrogens (tertiary/aromatic N) is 1. The van der Waals surface area contributed by atoms with Crippen molar-refractivity contribution in [3.8, 4) is 11.5 Å². The van der Waals surface area contributed by atoms with E-state index >= 15 is 0 Å². The van der Waals surface area contributed by atoms with Crippen molar-refractivity contribution in [1.29, 1.82) is 0 Å². The normalized spacial score (nSPS) is 13.4. The average molecular weight is 495 g/mol. The molecule has 0 radical (unpaired) electrons. The number of hydrogen-bond donors (Lipinski definition) is 2. The van der Waals surface area contributed by atoms with Crippen molar-refractivity contribution in [1.82, 2.24) is 10.3 Å². The first-order chi connectivity index (χ1) is 18.0. The SMILES string of the molecule is COc1ccccc1CNC(=O)COC(=O)c1c2c(nc3ccccc13)/C(=C/c1ccc(O)cc1)CC2. The van der Waals surface area contributed by atoms with Gasteiger partial charge in [-0.25, -0.2) is 9.78 Å². The van der Waals surface area contributed by atoms with E-state index in [9.17, 15) is 14.7 Å². The number of phenolic OH excluding ortho intramolecular Hbond substituents is 1. The highest BCUT2D eigenvalue weighted by Gasteiger charge is 2.28. The van der Waals surface area contributed by atoms with Crippen LogP contribution < -0.4 is 10.1 Å². The Balaban J connectivity index is 1.37. The van der Waals surface area contributed by atoms with Crippen LogP contribution in [0.4, 0.5) is 0 Å².